The van der Waals surface area contributed by atoms with Crippen molar-refractivity contribution >= 4 is 11.0 Å². The van der Waals surface area contributed by atoms with E-state index >= 15 is 0 Å². The third-order valence-corrected chi connectivity index (χ3v) is 2.99. The number of aromatic amines is 1. The van der Waals surface area contributed by atoms with Gasteiger partial charge in [0.1, 0.15) is 5.75 Å². The summed E-state index contributed by atoms with van der Waals surface area (Å²) in [6.07, 6.45) is 4.88. The van der Waals surface area contributed by atoms with Crippen LogP contribution in [0.4, 0.5) is 0 Å². The van der Waals surface area contributed by atoms with Crippen LogP contribution in [0.3, 0.4) is 0 Å². The van der Waals surface area contributed by atoms with Crippen LogP contribution in [0.5, 0.6) is 5.75 Å². The highest BCUT2D eigenvalue weighted by Crippen LogP contribution is 2.28. The van der Waals surface area contributed by atoms with Crippen LogP contribution in [0.15, 0.2) is 29.1 Å². The Balaban J connectivity index is 2.48. The number of hydrogen-bond acceptors (Lipinski definition) is 2. The van der Waals surface area contributed by atoms with Crippen molar-refractivity contribution in [3.63, 3.8) is 0 Å². The molecule has 2 heterocycles. The number of imidazole rings is 1. The van der Waals surface area contributed by atoms with Crippen LogP contribution in [0.2, 0.25) is 0 Å². The third kappa shape index (κ3) is 1.13. The molecule has 4 heteroatoms. The number of hydrogen-bond donors (Lipinski definition) is 1. The van der Waals surface area contributed by atoms with Crippen molar-refractivity contribution in [3.8, 4) is 5.75 Å². The Kier molecular flexibility index (Phi) is 1.89. The normalized spacial score (nSPS) is 14.1. The molecule has 0 atom stereocenters. The fraction of sp³-hybridized carbons (Fsp3) is 0.250. The molecule has 0 spiro atoms. The first-order chi connectivity index (χ1) is 7.81. The first kappa shape index (κ1) is 9.27. The highest BCUT2D eigenvalue weighted by molar-refractivity contribution is 5.82. The van der Waals surface area contributed by atoms with E-state index in [1.807, 2.05) is 18.2 Å². The molecule has 1 N–H and O–H groups in total. The van der Waals surface area contributed by atoms with Gasteiger partial charge in [-0.15, -0.1) is 0 Å². The van der Waals surface area contributed by atoms with Gasteiger partial charge in [0, 0.05) is 12.1 Å². The fourth-order valence-electron chi connectivity index (χ4n) is 2.26. The van der Waals surface area contributed by atoms with E-state index in [1.165, 1.54) is 0 Å². The van der Waals surface area contributed by atoms with Gasteiger partial charge in [-0.3, -0.25) is 4.57 Å². The minimum Gasteiger partial charge on any atom is -0.496 e. The Labute approximate surface area is 92.2 Å². The van der Waals surface area contributed by atoms with E-state index in [1.54, 1.807) is 11.7 Å². The molecular weight excluding hydrogens is 204 g/mol. The lowest BCUT2D eigenvalue weighted by Gasteiger charge is -2.08. The average molecular weight is 216 g/mol. The summed E-state index contributed by atoms with van der Waals surface area (Å²) < 4.78 is 7.08. The summed E-state index contributed by atoms with van der Waals surface area (Å²) in [7, 11) is 1.65. The zero-order chi connectivity index (χ0) is 11.1. The molecule has 3 rings (SSSR count). The molecule has 1 aromatic heterocycles. The summed E-state index contributed by atoms with van der Waals surface area (Å²) in [5.74, 6) is 0.840. The van der Waals surface area contributed by atoms with Gasteiger partial charge in [-0.25, -0.2) is 4.79 Å². The van der Waals surface area contributed by atoms with Crippen molar-refractivity contribution in [1.82, 2.24) is 9.55 Å². The number of benzene rings is 1. The molecule has 82 valence electrons. The Bertz CT molecular complexity index is 634. The van der Waals surface area contributed by atoms with E-state index in [2.05, 4.69) is 11.1 Å². The van der Waals surface area contributed by atoms with Crippen molar-refractivity contribution in [2.24, 2.45) is 0 Å². The van der Waals surface area contributed by atoms with Crippen molar-refractivity contribution in [3.05, 3.63) is 40.3 Å². The molecule has 0 saturated heterocycles. The van der Waals surface area contributed by atoms with Gasteiger partial charge < -0.3 is 9.72 Å². The van der Waals surface area contributed by atoms with E-state index in [9.17, 15) is 4.79 Å². The second kappa shape index (κ2) is 3.27. The van der Waals surface area contributed by atoms with E-state index in [-0.39, 0.29) is 5.69 Å². The standard InChI is InChI=1S/C12H12N2O2/c1-16-10-6-5-9-11-8(10)4-2-3-7-14(11)12(15)13-9/h2-3,5-6H,4,7H2,1H3,(H,13,15). The molecule has 0 radical (unpaired) electrons. The Morgan fingerprint density at radius 2 is 2.25 bits per heavy atom. The molecule has 0 amide bonds. The first-order valence-electron chi connectivity index (χ1n) is 5.24. The number of aromatic nitrogens is 2. The molecule has 1 aliphatic rings. The van der Waals surface area contributed by atoms with Crippen LogP contribution in [-0.2, 0) is 13.0 Å². The second-order valence-electron chi connectivity index (χ2n) is 3.86. The SMILES string of the molecule is COc1ccc2[nH]c(=O)n3c2c1CC=CC3. The summed E-state index contributed by atoms with van der Waals surface area (Å²) in [6.45, 7) is 0.624. The van der Waals surface area contributed by atoms with Gasteiger partial charge in [0.25, 0.3) is 0 Å². The maximum atomic E-state index is 11.7. The molecule has 0 aliphatic carbocycles. The van der Waals surface area contributed by atoms with E-state index in [4.69, 9.17) is 4.74 Å². The van der Waals surface area contributed by atoms with Gasteiger partial charge in [-0.1, -0.05) is 12.2 Å². The van der Waals surface area contributed by atoms with Crippen molar-refractivity contribution in [2.75, 3.05) is 7.11 Å². The van der Waals surface area contributed by atoms with Gasteiger partial charge >= 0.3 is 5.69 Å². The fourth-order valence-corrected chi connectivity index (χ4v) is 2.26. The number of nitrogens with one attached hydrogen (secondary N) is 1. The lowest BCUT2D eigenvalue weighted by Crippen LogP contribution is -2.15. The van der Waals surface area contributed by atoms with Crippen molar-refractivity contribution < 1.29 is 4.74 Å². The Morgan fingerprint density at radius 3 is 3.06 bits per heavy atom. The predicted molar refractivity (Wildman–Crippen MR) is 62.0 cm³/mol. The van der Waals surface area contributed by atoms with Gasteiger partial charge in [-0.05, 0) is 18.6 Å². The summed E-state index contributed by atoms with van der Waals surface area (Å²) in [5, 5.41) is 0. The lowest BCUT2D eigenvalue weighted by atomic mass is 10.1. The molecule has 0 saturated carbocycles. The largest absolute Gasteiger partial charge is 0.496 e. The smallest absolute Gasteiger partial charge is 0.326 e. The van der Waals surface area contributed by atoms with Crippen LogP contribution in [0.25, 0.3) is 11.0 Å². The molecule has 4 nitrogen and oxygen atoms in total. The molecular formula is C12H12N2O2. The minimum absolute atomic E-state index is 0.0592. The summed E-state index contributed by atoms with van der Waals surface area (Å²) in [5.41, 5.74) is 2.86. The summed E-state index contributed by atoms with van der Waals surface area (Å²) in [4.78, 5) is 14.6. The van der Waals surface area contributed by atoms with E-state index < -0.39 is 0 Å². The zero-order valence-corrected chi connectivity index (χ0v) is 8.99. The van der Waals surface area contributed by atoms with Gasteiger partial charge in [0.05, 0.1) is 18.1 Å². The minimum atomic E-state index is -0.0592. The van der Waals surface area contributed by atoms with Crippen LogP contribution >= 0.6 is 0 Å². The first-order valence-corrected chi connectivity index (χ1v) is 5.24. The van der Waals surface area contributed by atoms with Gasteiger partial charge in [0.15, 0.2) is 0 Å². The van der Waals surface area contributed by atoms with Crippen LogP contribution in [0.1, 0.15) is 5.56 Å². The number of ether oxygens (including phenoxy) is 1. The average Bonchev–Trinajstić information content (AvgIpc) is 2.50. The van der Waals surface area contributed by atoms with Crippen LogP contribution in [0, 0.1) is 0 Å². The molecule has 16 heavy (non-hydrogen) atoms. The number of allylic oxidation sites excluding steroid dienone is 2. The maximum Gasteiger partial charge on any atom is 0.326 e. The highest BCUT2D eigenvalue weighted by atomic mass is 16.5. The number of methoxy groups -OCH3 is 1. The molecule has 1 aromatic carbocycles. The van der Waals surface area contributed by atoms with E-state index in [0.29, 0.717) is 6.54 Å². The van der Waals surface area contributed by atoms with Crippen molar-refractivity contribution in [1.29, 1.82) is 0 Å². The molecule has 0 bridgehead atoms. The second-order valence-corrected chi connectivity index (χ2v) is 3.86. The Hall–Kier alpha value is -1.97. The number of rotatable bonds is 1. The van der Waals surface area contributed by atoms with Crippen molar-refractivity contribution in [2.45, 2.75) is 13.0 Å². The lowest BCUT2D eigenvalue weighted by molar-refractivity contribution is 0.411. The molecule has 0 fully saturated rings. The third-order valence-electron chi connectivity index (χ3n) is 2.99. The molecule has 0 unspecified atom stereocenters. The maximum absolute atomic E-state index is 11.7. The van der Waals surface area contributed by atoms with Gasteiger partial charge in [0.2, 0.25) is 0 Å². The summed E-state index contributed by atoms with van der Waals surface area (Å²) >= 11 is 0. The molecule has 1 aliphatic heterocycles. The topological polar surface area (TPSA) is 47.0 Å². The van der Waals surface area contributed by atoms with Crippen LogP contribution in [-0.4, -0.2) is 16.7 Å². The van der Waals surface area contributed by atoms with E-state index in [0.717, 1.165) is 28.8 Å². The van der Waals surface area contributed by atoms with Gasteiger partial charge in [-0.2, -0.15) is 0 Å². The monoisotopic (exact) mass is 216 g/mol. The Morgan fingerprint density at radius 1 is 1.38 bits per heavy atom. The highest BCUT2D eigenvalue weighted by Gasteiger charge is 2.15. The molecule has 2 aromatic rings. The number of nitrogens with zero attached hydrogens (tertiary/aromatic N) is 1. The number of H-pyrrole nitrogens is 1. The summed E-state index contributed by atoms with van der Waals surface area (Å²) in [6, 6.07) is 3.79. The quantitative estimate of drug-likeness (QED) is 0.733. The van der Waals surface area contributed by atoms with Crippen LogP contribution < -0.4 is 10.4 Å². The zero-order valence-electron chi connectivity index (χ0n) is 8.99. The predicted octanol–water partition coefficient (Wildman–Crippen LogP) is 1.45.